The van der Waals surface area contributed by atoms with Crippen LogP contribution in [0.2, 0.25) is 0 Å². The quantitative estimate of drug-likeness (QED) is 0.659. The van der Waals surface area contributed by atoms with Crippen molar-refractivity contribution < 1.29 is 9.53 Å². The molecule has 0 aliphatic carbocycles. The first-order chi connectivity index (χ1) is 7.24. The number of likely N-dealkylation sites (tertiary alicyclic amines) is 1. The molecule has 0 bridgehead atoms. The third-order valence-corrected chi connectivity index (χ3v) is 3.06. The van der Waals surface area contributed by atoms with Crippen molar-refractivity contribution in [3.63, 3.8) is 0 Å². The zero-order chi connectivity index (χ0) is 11.1. The molecule has 0 radical (unpaired) electrons. The minimum atomic E-state index is -0.131. The van der Waals surface area contributed by atoms with Crippen molar-refractivity contribution in [2.75, 3.05) is 33.4 Å². The molecule has 0 saturated carbocycles. The highest BCUT2D eigenvalue weighted by atomic mass is 16.5. The molecule has 1 saturated heterocycles. The van der Waals surface area contributed by atoms with Crippen molar-refractivity contribution in [1.29, 1.82) is 0 Å². The maximum Gasteiger partial charge on any atom is 0.220 e. The Kier molecular flexibility index (Phi) is 5.65. The van der Waals surface area contributed by atoms with Crippen LogP contribution in [0, 0.1) is 5.92 Å². The van der Waals surface area contributed by atoms with Crippen LogP contribution in [0.3, 0.4) is 0 Å². The summed E-state index contributed by atoms with van der Waals surface area (Å²) in [6.07, 6.45) is 4.15. The average Bonchev–Trinajstić information content (AvgIpc) is 2.25. The summed E-state index contributed by atoms with van der Waals surface area (Å²) in [5, 5.41) is 0. The van der Waals surface area contributed by atoms with E-state index in [0.717, 1.165) is 45.5 Å². The summed E-state index contributed by atoms with van der Waals surface area (Å²) in [5.74, 6) is -0.0192. The summed E-state index contributed by atoms with van der Waals surface area (Å²) in [7, 11) is 1.73. The molecule has 1 amide bonds. The van der Waals surface area contributed by atoms with Crippen LogP contribution in [0.1, 0.15) is 25.7 Å². The minimum absolute atomic E-state index is 0.111. The Morgan fingerprint density at radius 2 is 2.07 bits per heavy atom. The summed E-state index contributed by atoms with van der Waals surface area (Å²) >= 11 is 0. The third-order valence-electron chi connectivity index (χ3n) is 3.06. The lowest BCUT2D eigenvalue weighted by atomic mass is 9.96. The molecule has 0 aromatic rings. The molecule has 0 spiro atoms. The predicted molar refractivity (Wildman–Crippen MR) is 59.5 cm³/mol. The highest BCUT2D eigenvalue weighted by Gasteiger charge is 2.22. The van der Waals surface area contributed by atoms with Crippen LogP contribution in [-0.4, -0.2) is 44.2 Å². The number of ether oxygens (including phenoxy) is 1. The van der Waals surface area contributed by atoms with Crippen molar-refractivity contribution in [1.82, 2.24) is 4.90 Å². The molecule has 1 aliphatic heterocycles. The average molecular weight is 214 g/mol. The van der Waals surface area contributed by atoms with Gasteiger partial charge in [-0.05, 0) is 45.3 Å². The van der Waals surface area contributed by atoms with Gasteiger partial charge in [-0.3, -0.25) is 4.79 Å². The first-order valence-corrected chi connectivity index (χ1v) is 5.74. The van der Waals surface area contributed by atoms with Gasteiger partial charge >= 0.3 is 0 Å². The second kappa shape index (κ2) is 6.80. The molecule has 2 N–H and O–H groups in total. The summed E-state index contributed by atoms with van der Waals surface area (Å²) in [4.78, 5) is 13.4. The van der Waals surface area contributed by atoms with Gasteiger partial charge in [0, 0.05) is 19.6 Å². The zero-order valence-electron chi connectivity index (χ0n) is 9.58. The van der Waals surface area contributed by atoms with E-state index in [9.17, 15) is 4.79 Å². The Morgan fingerprint density at radius 1 is 1.40 bits per heavy atom. The lowest BCUT2D eigenvalue weighted by Gasteiger charge is -2.30. The van der Waals surface area contributed by atoms with E-state index in [1.54, 1.807) is 7.11 Å². The van der Waals surface area contributed by atoms with Crippen LogP contribution in [0.5, 0.6) is 0 Å². The number of carbonyl (C=O) groups excluding carboxylic acids is 1. The van der Waals surface area contributed by atoms with E-state index in [2.05, 4.69) is 4.90 Å². The zero-order valence-corrected chi connectivity index (χ0v) is 9.58. The maximum atomic E-state index is 10.9. The number of hydrogen-bond acceptors (Lipinski definition) is 3. The predicted octanol–water partition coefficient (Wildman–Crippen LogP) is 0.610. The van der Waals surface area contributed by atoms with Crippen LogP contribution in [-0.2, 0) is 9.53 Å². The number of hydrogen-bond donors (Lipinski definition) is 1. The number of nitrogens with zero attached hydrogens (tertiary/aromatic N) is 1. The number of nitrogens with two attached hydrogens (primary N) is 1. The van der Waals surface area contributed by atoms with E-state index < -0.39 is 0 Å². The van der Waals surface area contributed by atoms with E-state index in [1.807, 2.05) is 0 Å². The fraction of sp³-hybridized carbons (Fsp3) is 0.909. The molecule has 0 atom stereocenters. The van der Waals surface area contributed by atoms with Gasteiger partial charge in [-0.1, -0.05) is 0 Å². The van der Waals surface area contributed by atoms with Crippen molar-refractivity contribution >= 4 is 5.91 Å². The van der Waals surface area contributed by atoms with Gasteiger partial charge in [0.1, 0.15) is 0 Å². The van der Waals surface area contributed by atoms with Crippen molar-refractivity contribution in [3.05, 3.63) is 0 Å². The fourth-order valence-corrected chi connectivity index (χ4v) is 2.02. The number of methoxy groups -OCH3 is 1. The molecule has 4 heteroatoms. The Hall–Kier alpha value is -0.610. The van der Waals surface area contributed by atoms with Crippen molar-refractivity contribution in [2.24, 2.45) is 11.7 Å². The molecule has 0 aromatic carbocycles. The largest absolute Gasteiger partial charge is 0.385 e. The molecular formula is C11H22N2O2. The van der Waals surface area contributed by atoms with Crippen LogP contribution in [0.4, 0.5) is 0 Å². The van der Waals surface area contributed by atoms with Gasteiger partial charge in [-0.15, -0.1) is 0 Å². The van der Waals surface area contributed by atoms with Crippen molar-refractivity contribution in [2.45, 2.75) is 25.7 Å². The Labute approximate surface area is 91.8 Å². The van der Waals surface area contributed by atoms with Crippen LogP contribution in [0.15, 0.2) is 0 Å². The Balaban J connectivity index is 2.07. The standard InChI is InChI=1S/C11H22N2O2/c1-15-9-3-2-6-13-7-4-10(5-8-13)11(12)14/h10H,2-9H2,1H3,(H2,12,14). The summed E-state index contributed by atoms with van der Waals surface area (Å²) in [6, 6.07) is 0. The number of rotatable bonds is 6. The molecule has 1 fully saturated rings. The topological polar surface area (TPSA) is 55.6 Å². The van der Waals surface area contributed by atoms with E-state index >= 15 is 0 Å². The molecular weight excluding hydrogens is 192 g/mol. The highest BCUT2D eigenvalue weighted by Crippen LogP contribution is 2.16. The van der Waals surface area contributed by atoms with Crippen LogP contribution >= 0.6 is 0 Å². The van der Waals surface area contributed by atoms with E-state index in [-0.39, 0.29) is 11.8 Å². The van der Waals surface area contributed by atoms with Gasteiger partial charge in [0.15, 0.2) is 0 Å². The monoisotopic (exact) mass is 214 g/mol. The van der Waals surface area contributed by atoms with Gasteiger partial charge in [0.05, 0.1) is 0 Å². The highest BCUT2D eigenvalue weighted by molar-refractivity contribution is 5.76. The number of carbonyl (C=O) groups is 1. The van der Waals surface area contributed by atoms with Gasteiger partial charge in [-0.25, -0.2) is 0 Å². The molecule has 1 rings (SSSR count). The summed E-state index contributed by atoms with van der Waals surface area (Å²) < 4.78 is 5.00. The molecule has 0 aromatic heterocycles. The number of amides is 1. The molecule has 1 aliphatic rings. The Bertz CT molecular complexity index is 189. The summed E-state index contributed by atoms with van der Waals surface area (Å²) in [6.45, 7) is 3.99. The minimum Gasteiger partial charge on any atom is -0.385 e. The number of primary amides is 1. The third kappa shape index (κ3) is 4.62. The Morgan fingerprint density at radius 3 is 2.60 bits per heavy atom. The van der Waals surface area contributed by atoms with E-state index in [1.165, 1.54) is 6.42 Å². The van der Waals surface area contributed by atoms with E-state index in [0.29, 0.717) is 0 Å². The SMILES string of the molecule is COCCCCN1CCC(C(N)=O)CC1. The van der Waals surface area contributed by atoms with Gasteiger partial charge in [0.2, 0.25) is 5.91 Å². The normalized spacial score (nSPS) is 19.3. The van der Waals surface area contributed by atoms with Crippen LogP contribution < -0.4 is 5.73 Å². The van der Waals surface area contributed by atoms with Gasteiger partial charge in [0.25, 0.3) is 0 Å². The first kappa shape index (κ1) is 12.5. The van der Waals surface area contributed by atoms with Gasteiger partial charge < -0.3 is 15.4 Å². The maximum absolute atomic E-state index is 10.9. The smallest absolute Gasteiger partial charge is 0.220 e. The van der Waals surface area contributed by atoms with Gasteiger partial charge in [-0.2, -0.15) is 0 Å². The lowest BCUT2D eigenvalue weighted by Crippen LogP contribution is -2.38. The molecule has 15 heavy (non-hydrogen) atoms. The van der Waals surface area contributed by atoms with E-state index in [4.69, 9.17) is 10.5 Å². The molecule has 88 valence electrons. The van der Waals surface area contributed by atoms with Crippen molar-refractivity contribution in [3.8, 4) is 0 Å². The molecule has 1 heterocycles. The number of unbranched alkanes of at least 4 members (excludes halogenated alkanes) is 1. The number of piperidine rings is 1. The second-order valence-corrected chi connectivity index (χ2v) is 4.22. The fourth-order valence-electron chi connectivity index (χ4n) is 2.02. The second-order valence-electron chi connectivity index (χ2n) is 4.22. The first-order valence-electron chi connectivity index (χ1n) is 5.74. The summed E-state index contributed by atoms with van der Waals surface area (Å²) in [5.41, 5.74) is 5.28. The lowest BCUT2D eigenvalue weighted by molar-refractivity contribution is -0.123. The molecule has 0 unspecified atom stereocenters. The molecule has 4 nitrogen and oxygen atoms in total. The van der Waals surface area contributed by atoms with Crippen LogP contribution in [0.25, 0.3) is 0 Å².